The number of hydrogen-bond donors (Lipinski definition) is 1. The smallest absolute Gasteiger partial charge is 0.262 e. The molecular formula is C41H39FN6O6. The predicted molar refractivity (Wildman–Crippen MR) is 196 cm³/mol. The molecule has 0 spiro atoms. The van der Waals surface area contributed by atoms with Crippen molar-refractivity contribution >= 4 is 40.7 Å². The van der Waals surface area contributed by atoms with Gasteiger partial charge in [-0.05, 0) is 94.0 Å². The minimum absolute atomic E-state index is 0.00278. The van der Waals surface area contributed by atoms with E-state index in [1.165, 1.54) is 6.07 Å². The quantitative estimate of drug-likeness (QED) is 0.199. The maximum atomic E-state index is 15.5. The van der Waals surface area contributed by atoms with E-state index < -0.39 is 46.5 Å². The Labute approximate surface area is 311 Å². The molecule has 3 fully saturated rings. The number of imide groups is 2. The summed E-state index contributed by atoms with van der Waals surface area (Å²) in [6.07, 6.45) is 1.74. The molecule has 13 heteroatoms. The highest BCUT2D eigenvalue weighted by atomic mass is 19.1. The molecule has 4 aliphatic rings. The molecular weight excluding hydrogens is 691 g/mol. The number of ether oxygens (including phenoxy) is 1. The summed E-state index contributed by atoms with van der Waals surface area (Å²) >= 11 is 0. The van der Waals surface area contributed by atoms with Gasteiger partial charge in [0.1, 0.15) is 23.2 Å². The molecule has 3 aliphatic heterocycles. The molecule has 276 valence electrons. The summed E-state index contributed by atoms with van der Waals surface area (Å²) in [7, 11) is 0. The number of fused-ring (bicyclic) bond motifs is 1. The molecule has 1 aromatic heterocycles. The van der Waals surface area contributed by atoms with Gasteiger partial charge in [0.2, 0.25) is 11.8 Å². The van der Waals surface area contributed by atoms with E-state index >= 15 is 4.39 Å². The first kappa shape index (κ1) is 35.2. The maximum absolute atomic E-state index is 15.5. The van der Waals surface area contributed by atoms with Crippen LogP contribution < -0.4 is 15.1 Å². The second-order valence-corrected chi connectivity index (χ2v) is 15.0. The number of nitrogens with one attached hydrogen (secondary N) is 1. The first-order valence-electron chi connectivity index (χ1n) is 18.1. The van der Waals surface area contributed by atoms with Gasteiger partial charge in [0.05, 0.1) is 40.6 Å². The average molecular weight is 731 g/mol. The number of rotatable bonds is 10. The fraction of sp³-hybridized carbons (Fsp3) is 0.366. The van der Waals surface area contributed by atoms with Crippen molar-refractivity contribution in [2.45, 2.75) is 70.4 Å². The average Bonchev–Trinajstić information content (AvgIpc) is 3.82. The number of piperidine rings is 1. The van der Waals surface area contributed by atoms with Crippen molar-refractivity contribution in [1.29, 1.82) is 5.26 Å². The largest absolute Gasteiger partial charge is 0.370 e. The van der Waals surface area contributed by atoms with Crippen LogP contribution in [0.15, 0.2) is 59.1 Å². The van der Waals surface area contributed by atoms with Gasteiger partial charge in [-0.2, -0.15) is 5.26 Å². The van der Waals surface area contributed by atoms with Gasteiger partial charge in [-0.15, -0.1) is 0 Å². The van der Waals surface area contributed by atoms with Crippen LogP contribution in [-0.2, 0) is 19.7 Å². The Morgan fingerprint density at radius 1 is 1.02 bits per heavy atom. The Hall–Kier alpha value is -5.87. The number of aryl methyl sites for hydroxylation is 3. The lowest BCUT2D eigenvalue weighted by Crippen LogP contribution is -2.62. The monoisotopic (exact) mass is 730 g/mol. The van der Waals surface area contributed by atoms with E-state index in [0.717, 1.165) is 68.9 Å². The number of nitrogens with zero attached hydrogens (tertiary/aromatic N) is 5. The summed E-state index contributed by atoms with van der Waals surface area (Å²) in [5, 5.41) is 16.1. The highest BCUT2D eigenvalue weighted by Gasteiger charge is 2.47. The number of anilines is 3. The molecule has 4 aromatic rings. The SMILES string of the molecule is Cc1ccc(-c2c(C)noc2C)cc1N(CCOC1(C)CN(c2cc3c(cc2F)C(=O)N(C2CCC(=O)NC2=O)C3=O)C1)c1ccc(C2(C#N)CC2)cc1. The zero-order valence-electron chi connectivity index (χ0n) is 30.5. The van der Waals surface area contributed by atoms with Gasteiger partial charge >= 0.3 is 0 Å². The molecule has 8 rings (SSSR count). The standard InChI is InChI=1S/C41H39FN6O6/c1-23-5-6-26(36-24(2)45-54-25(36)3)17-33(23)47(28-9-7-27(8-10-28)41(20-43)13-14-41)15-16-53-40(4)21-46(22-40)34-19-30-29(18-31(34)42)38(51)48(39(30)52)32-11-12-35(49)44-37(32)50/h5-10,17-19,32H,11-16,21-22H2,1-4H3,(H,44,49,50). The van der Waals surface area contributed by atoms with Crippen LogP contribution in [0.1, 0.15) is 75.9 Å². The lowest BCUT2D eigenvalue weighted by molar-refractivity contribution is -0.136. The van der Waals surface area contributed by atoms with Gasteiger partial charge < -0.3 is 19.1 Å². The van der Waals surface area contributed by atoms with Crippen molar-refractivity contribution in [3.05, 3.63) is 94.1 Å². The minimum Gasteiger partial charge on any atom is -0.370 e. The Bertz CT molecular complexity index is 2260. The van der Waals surface area contributed by atoms with Crippen molar-refractivity contribution in [1.82, 2.24) is 15.4 Å². The summed E-state index contributed by atoms with van der Waals surface area (Å²) in [5.74, 6) is -2.55. The van der Waals surface area contributed by atoms with Crippen molar-refractivity contribution in [3.8, 4) is 17.2 Å². The fourth-order valence-electron chi connectivity index (χ4n) is 8.02. The summed E-state index contributed by atoms with van der Waals surface area (Å²) < 4.78 is 27.5. The molecule has 0 bridgehead atoms. The molecule has 1 atom stereocenters. The molecule has 1 N–H and O–H groups in total. The van der Waals surface area contributed by atoms with Crippen LogP contribution in [0.25, 0.3) is 11.1 Å². The van der Waals surface area contributed by atoms with Crippen LogP contribution >= 0.6 is 0 Å². The number of benzene rings is 3. The molecule has 4 heterocycles. The summed E-state index contributed by atoms with van der Waals surface area (Å²) in [4.78, 5) is 55.4. The third kappa shape index (κ3) is 5.91. The molecule has 1 saturated carbocycles. The van der Waals surface area contributed by atoms with Gasteiger partial charge in [0.15, 0.2) is 0 Å². The number of aromatic nitrogens is 1. The van der Waals surface area contributed by atoms with Crippen molar-refractivity contribution in [2.75, 3.05) is 36.0 Å². The van der Waals surface area contributed by atoms with Crippen LogP contribution in [0.5, 0.6) is 0 Å². The number of amides is 4. The Morgan fingerprint density at radius 2 is 1.72 bits per heavy atom. The summed E-state index contributed by atoms with van der Waals surface area (Å²) in [6, 6.07) is 18.2. The third-order valence-electron chi connectivity index (χ3n) is 11.2. The van der Waals surface area contributed by atoms with E-state index in [0.29, 0.717) is 26.2 Å². The number of nitriles is 1. The second kappa shape index (κ2) is 12.9. The zero-order valence-corrected chi connectivity index (χ0v) is 30.5. The number of hydrogen-bond acceptors (Lipinski definition) is 10. The minimum atomic E-state index is -1.13. The highest BCUT2D eigenvalue weighted by molar-refractivity contribution is 6.23. The maximum Gasteiger partial charge on any atom is 0.262 e. The Kier molecular flexibility index (Phi) is 8.41. The van der Waals surface area contributed by atoms with E-state index in [1.807, 2.05) is 45.0 Å². The van der Waals surface area contributed by atoms with Crippen LogP contribution in [0.3, 0.4) is 0 Å². The summed E-state index contributed by atoms with van der Waals surface area (Å²) in [5.41, 5.74) is 5.79. The van der Waals surface area contributed by atoms with E-state index in [9.17, 15) is 24.4 Å². The Morgan fingerprint density at radius 3 is 2.35 bits per heavy atom. The molecule has 4 amide bonds. The van der Waals surface area contributed by atoms with E-state index in [1.54, 1.807) is 4.90 Å². The highest BCUT2D eigenvalue weighted by Crippen LogP contribution is 2.48. The lowest BCUT2D eigenvalue weighted by Gasteiger charge is -2.49. The first-order chi connectivity index (χ1) is 25.8. The van der Waals surface area contributed by atoms with Gasteiger partial charge in [0, 0.05) is 43.0 Å². The Balaban J connectivity index is 0.991. The molecule has 1 unspecified atom stereocenters. The van der Waals surface area contributed by atoms with Gasteiger partial charge in [-0.25, -0.2) is 4.39 Å². The number of carbonyl (C=O) groups is 4. The third-order valence-corrected chi connectivity index (χ3v) is 11.2. The molecule has 12 nitrogen and oxygen atoms in total. The molecule has 1 aliphatic carbocycles. The molecule has 3 aromatic carbocycles. The van der Waals surface area contributed by atoms with Crippen LogP contribution in [0.4, 0.5) is 21.5 Å². The topological polar surface area (TPSA) is 149 Å². The molecule has 54 heavy (non-hydrogen) atoms. The van der Waals surface area contributed by atoms with E-state index in [-0.39, 0.29) is 29.7 Å². The van der Waals surface area contributed by atoms with Crippen molar-refractivity contribution < 1.29 is 32.8 Å². The fourth-order valence-corrected chi connectivity index (χ4v) is 8.02. The number of carbonyl (C=O) groups excluding carboxylic acids is 4. The zero-order chi connectivity index (χ0) is 38.1. The van der Waals surface area contributed by atoms with Gasteiger partial charge in [-0.3, -0.25) is 29.4 Å². The second-order valence-electron chi connectivity index (χ2n) is 15.0. The molecule has 0 radical (unpaired) electrons. The van der Waals surface area contributed by atoms with Crippen molar-refractivity contribution in [2.24, 2.45) is 0 Å². The van der Waals surface area contributed by atoms with Gasteiger partial charge in [-0.1, -0.05) is 29.4 Å². The van der Waals surface area contributed by atoms with Gasteiger partial charge in [0.25, 0.3) is 11.8 Å². The van der Waals surface area contributed by atoms with Crippen molar-refractivity contribution in [3.63, 3.8) is 0 Å². The van der Waals surface area contributed by atoms with Crippen LogP contribution in [0, 0.1) is 37.9 Å². The number of halogens is 1. The van der Waals surface area contributed by atoms with E-state index in [2.05, 4.69) is 46.6 Å². The summed E-state index contributed by atoms with van der Waals surface area (Å²) in [6.45, 7) is 9.33. The van der Waals surface area contributed by atoms with Crippen LogP contribution in [0.2, 0.25) is 0 Å². The van der Waals surface area contributed by atoms with Crippen LogP contribution in [-0.4, -0.2) is 71.6 Å². The normalized spacial score (nSPS) is 19.7. The first-order valence-corrected chi connectivity index (χ1v) is 18.1. The van der Waals surface area contributed by atoms with E-state index in [4.69, 9.17) is 9.26 Å². The molecule has 2 saturated heterocycles. The lowest BCUT2D eigenvalue weighted by atomic mass is 9.94. The predicted octanol–water partition coefficient (Wildman–Crippen LogP) is 5.80.